The van der Waals surface area contributed by atoms with E-state index in [2.05, 4.69) is 6.42 Å². The molecule has 16 heavy (non-hydrogen) atoms. The van der Waals surface area contributed by atoms with Gasteiger partial charge in [-0.3, -0.25) is 0 Å². The van der Waals surface area contributed by atoms with E-state index in [4.69, 9.17) is 0 Å². The lowest BCUT2D eigenvalue weighted by molar-refractivity contribution is 0.154. The molecular weight excluding hydrogens is 228 g/mol. The van der Waals surface area contributed by atoms with E-state index in [0.29, 0.717) is 19.6 Å². The number of hydrogen-bond acceptors (Lipinski definition) is 3. The van der Waals surface area contributed by atoms with Gasteiger partial charge in [0, 0.05) is 26.2 Å². The Hall–Kier alpha value is -0.780. The number of carbonyl (C=O) groups excluding carboxylic acids is 1. The Kier molecular flexibility index (Phi) is 3.37. The van der Waals surface area contributed by atoms with Crippen LogP contribution in [0.25, 0.3) is 0 Å². The van der Waals surface area contributed by atoms with E-state index < -0.39 is 9.84 Å². The van der Waals surface area contributed by atoms with Gasteiger partial charge in [0.2, 0.25) is 0 Å². The van der Waals surface area contributed by atoms with Gasteiger partial charge in [0.15, 0.2) is 9.84 Å². The van der Waals surface area contributed by atoms with Gasteiger partial charge in [-0.1, -0.05) is 0 Å². The highest BCUT2D eigenvalue weighted by molar-refractivity contribution is 7.91. The molecule has 0 saturated carbocycles. The number of carbonyl (C=O) groups is 1. The van der Waals surface area contributed by atoms with Crippen molar-refractivity contribution in [1.29, 1.82) is 0 Å². The summed E-state index contributed by atoms with van der Waals surface area (Å²) in [6.45, 7) is 2.18. The molecule has 2 heterocycles. The Labute approximate surface area is 96.3 Å². The fourth-order valence-corrected chi connectivity index (χ4v) is 3.24. The molecule has 6 heteroatoms. The predicted molar refractivity (Wildman–Crippen MR) is 60.7 cm³/mol. The molecule has 0 atom stereocenters. The predicted octanol–water partition coefficient (Wildman–Crippen LogP) is 0.137. The second-order valence-corrected chi connectivity index (χ2v) is 6.60. The normalized spacial score (nSPS) is 25.5. The van der Waals surface area contributed by atoms with Crippen LogP contribution in [-0.4, -0.2) is 61.9 Å². The van der Waals surface area contributed by atoms with Crippen LogP contribution in [0.15, 0.2) is 0 Å². The third kappa shape index (κ3) is 2.66. The maximum Gasteiger partial charge on any atom is 0.320 e. The van der Waals surface area contributed by atoms with Gasteiger partial charge in [-0.15, -0.1) is 0 Å². The minimum atomic E-state index is -2.90. The summed E-state index contributed by atoms with van der Waals surface area (Å²) in [5.41, 5.74) is 0. The standard InChI is InChI=1S/C10H17N2O3S/c13-10(11-4-2-1-3-5-11)12-6-8-16(14,15)9-7-12/h2H,1,3-9H2. The molecule has 1 radical (unpaired) electrons. The highest BCUT2D eigenvalue weighted by atomic mass is 32.2. The van der Waals surface area contributed by atoms with Crippen LogP contribution in [0.5, 0.6) is 0 Å². The number of rotatable bonds is 0. The van der Waals surface area contributed by atoms with E-state index in [0.717, 1.165) is 19.4 Å². The van der Waals surface area contributed by atoms with Crippen molar-refractivity contribution in [2.24, 2.45) is 0 Å². The van der Waals surface area contributed by atoms with Crippen LogP contribution in [0.2, 0.25) is 0 Å². The largest absolute Gasteiger partial charge is 0.324 e. The lowest BCUT2D eigenvalue weighted by Gasteiger charge is -2.34. The van der Waals surface area contributed by atoms with Crippen molar-refractivity contribution >= 4 is 15.9 Å². The first-order valence-electron chi connectivity index (χ1n) is 5.64. The van der Waals surface area contributed by atoms with Crippen LogP contribution in [-0.2, 0) is 9.84 Å². The van der Waals surface area contributed by atoms with Crippen LogP contribution in [0.4, 0.5) is 4.79 Å². The van der Waals surface area contributed by atoms with E-state index in [1.54, 1.807) is 9.80 Å². The summed E-state index contributed by atoms with van der Waals surface area (Å²) in [5, 5.41) is 0. The summed E-state index contributed by atoms with van der Waals surface area (Å²) in [7, 11) is -2.90. The highest BCUT2D eigenvalue weighted by Gasteiger charge is 2.28. The zero-order valence-corrected chi connectivity index (χ0v) is 10.1. The monoisotopic (exact) mass is 245 g/mol. The van der Waals surface area contributed by atoms with Crippen LogP contribution in [0.3, 0.4) is 0 Å². The first kappa shape index (κ1) is 11.7. The van der Waals surface area contributed by atoms with E-state index in [1.807, 2.05) is 0 Å². The lowest BCUT2D eigenvalue weighted by Crippen LogP contribution is -2.51. The van der Waals surface area contributed by atoms with Crippen molar-refractivity contribution in [1.82, 2.24) is 9.80 Å². The molecule has 2 aliphatic rings. The molecule has 2 fully saturated rings. The topological polar surface area (TPSA) is 57.7 Å². The average Bonchev–Trinajstić information content (AvgIpc) is 2.29. The number of likely N-dealkylation sites (tertiary alicyclic amines) is 1. The fraction of sp³-hybridized carbons (Fsp3) is 0.800. The Bertz CT molecular complexity index is 346. The molecule has 0 spiro atoms. The minimum Gasteiger partial charge on any atom is -0.324 e. The molecule has 0 aromatic heterocycles. The number of hydrogen-bond donors (Lipinski definition) is 0. The van der Waals surface area contributed by atoms with Gasteiger partial charge in [-0.05, 0) is 19.3 Å². The number of nitrogens with zero attached hydrogens (tertiary/aromatic N) is 2. The summed E-state index contributed by atoms with van der Waals surface area (Å²) < 4.78 is 22.5. The molecule has 0 aromatic rings. The van der Waals surface area contributed by atoms with E-state index >= 15 is 0 Å². The molecule has 0 aromatic carbocycles. The van der Waals surface area contributed by atoms with Crippen molar-refractivity contribution in [2.45, 2.75) is 12.8 Å². The highest BCUT2D eigenvalue weighted by Crippen LogP contribution is 2.12. The molecule has 91 valence electrons. The molecule has 2 saturated heterocycles. The Morgan fingerprint density at radius 1 is 1.06 bits per heavy atom. The molecule has 2 amide bonds. The Morgan fingerprint density at radius 3 is 2.31 bits per heavy atom. The van der Waals surface area contributed by atoms with Crippen molar-refractivity contribution in [3.8, 4) is 0 Å². The van der Waals surface area contributed by atoms with Crippen LogP contribution >= 0.6 is 0 Å². The van der Waals surface area contributed by atoms with Gasteiger partial charge in [0.05, 0.1) is 11.5 Å². The van der Waals surface area contributed by atoms with Gasteiger partial charge in [-0.2, -0.15) is 0 Å². The number of sulfone groups is 1. The minimum absolute atomic E-state index is 0.00847. The van der Waals surface area contributed by atoms with Gasteiger partial charge < -0.3 is 9.80 Å². The molecule has 5 nitrogen and oxygen atoms in total. The molecular formula is C10H17N2O3S. The van der Waals surface area contributed by atoms with Gasteiger partial charge in [0.1, 0.15) is 0 Å². The summed E-state index contributed by atoms with van der Waals surface area (Å²) >= 11 is 0. The number of amides is 2. The first-order chi connectivity index (χ1) is 7.58. The third-order valence-corrected chi connectivity index (χ3v) is 4.68. The molecule has 0 bridgehead atoms. The quantitative estimate of drug-likeness (QED) is 0.610. The van der Waals surface area contributed by atoms with Crippen molar-refractivity contribution in [3.63, 3.8) is 0 Å². The van der Waals surface area contributed by atoms with Crippen LogP contribution < -0.4 is 0 Å². The van der Waals surface area contributed by atoms with Crippen LogP contribution in [0.1, 0.15) is 12.8 Å². The molecule has 0 aliphatic carbocycles. The summed E-state index contributed by atoms with van der Waals surface area (Å²) in [5.74, 6) is 0.215. The van der Waals surface area contributed by atoms with Gasteiger partial charge in [-0.25, -0.2) is 13.2 Å². The average molecular weight is 245 g/mol. The Morgan fingerprint density at radius 2 is 1.75 bits per heavy atom. The smallest absolute Gasteiger partial charge is 0.320 e. The lowest BCUT2D eigenvalue weighted by atomic mass is 10.1. The molecule has 0 N–H and O–H groups in total. The Balaban J connectivity index is 1.90. The van der Waals surface area contributed by atoms with Crippen molar-refractivity contribution in [2.75, 3.05) is 37.7 Å². The maximum absolute atomic E-state index is 12.0. The van der Waals surface area contributed by atoms with Crippen molar-refractivity contribution < 1.29 is 13.2 Å². The SMILES string of the molecule is O=C(N1C[CH]CCC1)N1CCS(=O)(=O)CC1. The van der Waals surface area contributed by atoms with Gasteiger partial charge in [0.25, 0.3) is 0 Å². The van der Waals surface area contributed by atoms with Crippen LogP contribution in [0, 0.1) is 6.42 Å². The van der Waals surface area contributed by atoms with E-state index in [1.165, 1.54) is 0 Å². The van der Waals surface area contributed by atoms with Crippen molar-refractivity contribution in [3.05, 3.63) is 6.42 Å². The molecule has 0 unspecified atom stereocenters. The first-order valence-corrected chi connectivity index (χ1v) is 7.46. The zero-order chi connectivity index (χ0) is 11.6. The van der Waals surface area contributed by atoms with E-state index in [9.17, 15) is 13.2 Å². The van der Waals surface area contributed by atoms with E-state index in [-0.39, 0.29) is 17.5 Å². The zero-order valence-electron chi connectivity index (χ0n) is 9.26. The number of urea groups is 1. The second kappa shape index (κ2) is 4.61. The molecule has 2 rings (SSSR count). The maximum atomic E-state index is 12.0. The third-order valence-electron chi connectivity index (χ3n) is 3.07. The molecule has 2 aliphatic heterocycles. The summed E-state index contributed by atoms with van der Waals surface area (Å²) in [6, 6.07) is -0.00847. The number of piperidine rings is 1. The second-order valence-electron chi connectivity index (χ2n) is 4.30. The fourth-order valence-electron chi connectivity index (χ4n) is 2.04. The summed E-state index contributed by atoms with van der Waals surface area (Å²) in [6.07, 6.45) is 4.18. The summed E-state index contributed by atoms with van der Waals surface area (Å²) in [4.78, 5) is 15.4. The van der Waals surface area contributed by atoms with Gasteiger partial charge >= 0.3 is 6.03 Å².